The van der Waals surface area contributed by atoms with Crippen molar-refractivity contribution in [1.82, 2.24) is 4.90 Å². The van der Waals surface area contributed by atoms with Crippen molar-refractivity contribution in [3.05, 3.63) is 64.2 Å². The topological polar surface area (TPSA) is 54.5 Å². The summed E-state index contributed by atoms with van der Waals surface area (Å²) < 4.78 is 107. The van der Waals surface area contributed by atoms with Gasteiger partial charge in [0, 0.05) is 18.7 Å². The third-order valence-electron chi connectivity index (χ3n) is 5.73. The summed E-state index contributed by atoms with van der Waals surface area (Å²) in [5.74, 6) is -2.72. The van der Waals surface area contributed by atoms with E-state index < -0.39 is 67.9 Å². The van der Waals surface area contributed by atoms with Crippen molar-refractivity contribution >= 4 is 27.3 Å². The highest BCUT2D eigenvalue weighted by molar-refractivity contribution is 7.92. The van der Waals surface area contributed by atoms with Gasteiger partial charge in [-0.2, -0.15) is 13.2 Å². The highest BCUT2D eigenvalue weighted by atomic mass is 35.5. The number of sulfone groups is 1. The van der Waals surface area contributed by atoms with Gasteiger partial charge in [0.2, 0.25) is 14.8 Å². The van der Waals surface area contributed by atoms with Crippen LogP contribution in [-0.2, 0) is 16.0 Å². The normalized spacial score (nSPS) is 21.6. The summed E-state index contributed by atoms with van der Waals surface area (Å²) in [6.45, 7) is 0. The van der Waals surface area contributed by atoms with Crippen LogP contribution in [0.1, 0.15) is 41.6 Å². The number of carbonyl (C=O) groups excluding carboxylic acids is 1. The Morgan fingerprint density at radius 3 is 2.24 bits per heavy atom. The Balaban J connectivity index is 1.79. The van der Waals surface area contributed by atoms with Crippen molar-refractivity contribution in [2.45, 2.75) is 47.8 Å². The Morgan fingerprint density at radius 1 is 1.09 bits per heavy atom. The molecule has 1 amide bonds. The van der Waals surface area contributed by atoms with E-state index in [1.54, 1.807) is 0 Å². The van der Waals surface area contributed by atoms with Crippen LogP contribution in [0.25, 0.3) is 0 Å². The molecule has 0 bridgehead atoms. The summed E-state index contributed by atoms with van der Waals surface area (Å²) in [5, 5.41) is -3.19. The SMILES string of the molecule is CN(C(=O)c1ccc(F)c(Cl)c1)[C@H]1CC[C@@](F)(S(=O)(=O)c2cc(F)cc(C(F)(F)F)c2)CC1. The van der Waals surface area contributed by atoms with Gasteiger partial charge in [-0.1, -0.05) is 11.6 Å². The predicted octanol–water partition coefficient (Wildman–Crippen LogP) is 5.79. The van der Waals surface area contributed by atoms with Crippen LogP contribution in [0.4, 0.5) is 26.3 Å². The average Bonchev–Trinajstić information content (AvgIpc) is 2.74. The number of hydrogen-bond donors (Lipinski definition) is 0. The molecule has 0 N–H and O–H groups in total. The molecule has 0 saturated heterocycles. The zero-order valence-electron chi connectivity index (χ0n) is 17.1. The highest BCUT2D eigenvalue weighted by Gasteiger charge is 2.49. The second-order valence-electron chi connectivity index (χ2n) is 7.84. The summed E-state index contributed by atoms with van der Waals surface area (Å²) in [7, 11) is -3.56. The van der Waals surface area contributed by atoms with E-state index in [0.29, 0.717) is 6.07 Å². The Bertz CT molecular complexity index is 1180. The lowest BCUT2D eigenvalue weighted by molar-refractivity contribution is -0.137. The molecule has 2 aromatic rings. The number of amides is 1. The molecule has 0 radical (unpaired) electrons. The van der Waals surface area contributed by atoms with Gasteiger partial charge in [-0.3, -0.25) is 4.79 Å². The molecule has 180 valence electrons. The maximum Gasteiger partial charge on any atom is 0.416 e. The minimum atomic E-state index is -5.01. The van der Waals surface area contributed by atoms with E-state index in [0.717, 1.165) is 12.1 Å². The van der Waals surface area contributed by atoms with E-state index in [2.05, 4.69) is 0 Å². The first kappa shape index (κ1) is 25.4. The highest BCUT2D eigenvalue weighted by Crippen LogP contribution is 2.42. The van der Waals surface area contributed by atoms with Gasteiger partial charge in [0.25, 0.3) is 5.91 Å². The minimum Gasteiger partial charge on any atom is -0.339 e. The van der Waals surface area contributed by atoms with Gasteiger partial charge in [0.1, 0.15) is 11.6 Å². The molecule has 1 aliphatic rings. The number of halogens is 7. The molecule has 2 aromatic carbocycles. The second kappa shape index (κ2) is 8.83. The van der Waals surface area contributed by atoms with Gasteiger partial charge in [-0.25, -0.2) is 21.6 Å². The van der Waals surface area contributed by atoms with Gasteiger partial charge in [0.05, 0.1) is 15.5 Å². The lowest BCUT2D eigenvalue weighted by Crippen LogP contribution is -2.45. The number of carbonyl (C=O) groups is 1. The Labute approximate surface area is 191 Å². The van der Waals surface area contributed by atoms with Crippen molar-refractivity contribution in [3.63, 3.8) is 0 Å². The molecule has 12 heteroatoms. The monoisotopic (exact) mass is 513 g/mol. The first-order valence-electron chi connectivity index (χ1n) is 9.69. The lowest BCUT2D eigenvalue weighted by atomic mass is 9.92. The third kappa shape index (κ3) is 4.98. The standard InChI is InChI=1S/C21H18ClF6NO3S/c1-29(19(30)12-2-3-18(24)17(22)8-12)15-4-6-20(25,7-5-15)33(31,32)16-10-13(21(26,27)28)9-14(23)11-16/h2-3,8-11,15H,4-7H2,1H3/t15-,20+. The zero-order chi connectivity index (χ0) is 24.8. The van der Waals surface area contributed by atoms with Gasteiger partial charge >= 0.3 is 6.18 Å². The maximum absolute atomic E-state index is 15.5. The van der Waals surface area contributed by atoms with E-state index in [-0.39, 0.29) is 35.6 Å². The largest absolute Gasteiger partial charge is 0.416 e. The number of benzene rings is 2. The van der Waals surface area contributed by atoms with E-state index >= 15 is 4.39 Å². The molecule has 4 nitrogen and oxygen atoms in total. The van der Waals surface area contributed by atoms with Crippen molar-refractivity contribution < 1.29 is 39.6 Å². The van der Waals surface area contributed by atoms with Crippen molar-refractivity contribution in [2.75, 3.05) is 7.05 Å². The first-order chi connectivity index (χ1) is 15.2. The molecule has 0 aromatic heterocycles. The lowest BCUT2D eigenvalue weighted by Gasteiger charge is -2.37. The molecular weight excluding hydrogens is 496 g/mol. The van der Waals surface area contributed by atoms with Crippen molar-refractivity contribution in [3.8, 4) is 0 Å². The summed E-state index contributed by atoms with van der Waals surface area (Å²) in [6, 6.07) is 3.46. The van der Waals surface area contributed by atoms with Crippen LogP contribution in [-0.4, -0.2) is 37.3 Å². The van der Waals surface area contributed by atoms with Gasteiger partial charge in [-0.15, -0.1) is 0 Å². The molecule has 33 heavy (non-hydrogen) atoms. The summed E-state index contributed by atoms with van der Waals surface area (Å²) >= 11 is 5.69. The van der Waals surface area contributed by atoms with Crippen molar-refractivity contribution in [1.29, 1.82) is 0 Å². The molecule has 1 saturated carbocycles. The molecule has 1 aliphatic carbocycles. The van der Waals surface area contributed by atoms with E-state index in [1.807, 2.05) is 0 Å². The van der Waals surface area contributed by atoms with Crippen LogP contribution in [0.15, 0.2) is 41.3 Å². The van der Waals surface area contributed by atoms with Crippen LogP contribution in [0.5, 0.6) is 0 Å². The molecular formula is C21H18ClF6NO3S. The molecule has 0 heterocycles. The van der Waals surface area contributed by atoms with E-state index in [4.69, 9.17) is 11.6 Å². The molecule has 0 unspecified atom stereocenters. The van der Waals surface area contributed by atoms with Crippen LogP contribution >= 0.6 is 11.6 Å². The molecule has 0 spiro atoms. The molecule has 3 rings (SSSR count). The minimum absolute atomic E-state index is 0.0769. The summed E-state index contributed by atoms with van der Waals surface area (Å²) in [4.78, 5) is 12.8. The fraction of sp³-hybridized carbons (Fsp3) is 0.381. The smallest absolute Gasteiger partial charge is 0.339 e. The zero-order valence-corrected chi connectivity index (χ0v) is 18.7. The summed E-state index contributed by atoms with van der Waals surface area (Å²) in [6.07, 6.45) is -6.47. The number of nitrogens with zero attached hydrogens (tertiary/aromatic N) is 1. The third-order valence-corrected chi connectivity index (χ3v) is 8.24. The van der Waals surface area contributed by atoms with E-state index in [9.17, 15) is 35.2 Å². The molecule has 0 aliphatic heterocycles. The average molecular weight is 514 g/mol. The van der Waals surface area contributed by atoms with Crippen LogP contribution in [0.2, 0.25) is 5.02 Å². The number of alkyl halides is 4. The fourth-order valence-electron chi connectivity index (χ4n) is 3.78. The molecule has 1 fully saturated rings. The summed E-state index contributed by atoms with van der Waals surface area (Å²) in [5.41, 5.74) is -1.46. The Kier molecular flexibility index (Phi) is 6.78. The van der Waals surface area contributed by atoms with Gasteiger partial charge < -0.3 is 4.90 Å². The first-order valence-corrected chi connectivity index (χ1v) is 11.6. The van der Waals surface area contributed by atoms with Crippen LogP contribution in [0.3, 0.4) is 0 Å². The quantitative estimate of drug-likeness (QED) is 0.486. The Hall–Kier alpha value is -2.27. The number of hydrogen-bond acceptors (Lipinski definition) is 3. The predicted molar refractivity (Wildman–Crippen MR) is 108 cm³/mol. The second-order valence-corrected chi connectivity index (χ2v) is 10.5. The van der Waals surface area contributed by atoms with Gasteiger partial charge in [0.15, 0.2) is 0 Å². The maximum atomic E-state index is 15.5. The van der Waals surface area contributed by atoms with Crippen molar-refractivity contribution in [2.24, 2.45) is 0 Å². The van der Waals surface area contributed by atoms with Crippen LogP contribution in [0, 0.1) is 11.6 Å². The molecule has 0 atom stereocenters. The van der Waals surface area contributed by atoms with Crippen LogP contribution < -0.4 is 0 Å². The van der Waals surface area contributed by atoms with Gasteiger partial charge in [-0.05, 0) is 62.1 Å². The fourth-order valence-corrected chi connectivity index (χ4v) is 5.71. The Morgan fingerprint density at radius 2 is 1.70 bits per heavy atom. The number of rotatable bonds is 4. The van der Waals surface area contributed by atoms with E-state index in [1.165, 1.54) is 18.0 Å².